The number of aliphatic imine (C=N–C) groups is 1. The number of guanidine groups is 1. The maximum Gasteiger partial charge on any atom is 0.191 e. The molecule has 0 aliphatic rings. The molecule has 5 nitrogen and oxygen atoms in total. The molecule has 0 saturated heterocycles. The molecule has 6 heteroatoms. The minimum atomic E-state index is 0.564. The third-order valence-electron chi connectivity index (χ3n) is 3.36. The van der Waals surface area contributed by atoms with Crippen molar-refractivity contribution >= 4 is 17.3 Å². The molecule has 0 atom stereocenters. The van der Waals surface area contributed by atoms with Gasteiger partial charge < -0.3 is 15.5 Å². The van der Waals surface area contributed by atoms with Crippen molar-refractivity contribution < 1.29 is 0 Å². The summed E-state index contributed by atoms with van der Waals surface area (Å²) in [5, 5.41) is 7.78. The average molecular weight is 311 g/mol. The van der Waals surface area contributed by atoms with E-state index in [1.807, 2.05) is 13.8 Å². The fraction of sp³-hybridized carbons (Fsp3) is 0.733. The van der Waals surface area contributed by atoms with Crippen molar-refractivity contribution in [2.24, 2.45) is 4.99 Å². The van der Waals surface area contributed by atoms with Gasteiger partial charge in [-0.05, 0) is 41.7 Å². The lowest BCUT2D eigenvalue weighted by Gasteiger charge is -2.21. The molecular formula is C15H29N5S. The molecule has 0 aliphatic carbocycles. The summed E-state index contributed by atoms with van der Waals surface area (Å²) >= 11 is 1.73. The number of nitrogens with zero attached hydrogens (tertiary/aromatic N) is 3. The Morgan fingerprint density at radius 3 is 2.57 bits per heavy atom. The first-order chi connectivity index (χ1) is 9.93. The van der Waals surface area contributed by atoms with E-state index in [1.54, 1.807) is 11.3 Å². The van der Waals surface area contributed by atoms with Crippen LogP contribution in [-0.4, -0.2) is 48.6 Å². The Morgan fingerprint density at radius 2 is 2.05 bits per heavy atom. The van der Waals surface area contributed by atoms with E-state index in [0.717, 1.165) is 36.3 Å². The minimum Gasteiger partial charge on any atom is -0.357 e. The van der Waals surface area contributed by atoms with E-state index in [2.05, 4.69) is 53.3 Å². The lowest BCUT2D eigenvalue weighted by molar-refractivity contribution is 0.278. The van der Waals surface area contributed by atoms with Crippen LogP contribution < -0.4 is 10.6 Å². The summed E-state index contributed by atoms with van der Waals surface area (Å²) in [6, 6.07) is 0.564. The van der Waals surface area contributed by atoms with Crippen molar-refractivity contribution in [2.45, 2.75) is 47.2 Å². The molecule has 0 amide bonds. The molecule has 0 aliphatic heterocycles. The van der Waals surface area contributed by atoms with E-state index in [-0.39, 0.29) is 0 Å². The number of hydrogen-bond acceptors (Lipinski definition) is 4. The number of nitrogens with one attached hydrogen (secondary N) is 2. The first-order valence-electron chi connectivity index (χ1n) is 7.59. The van der Waals surface area contributed by atoms with Crippen molar-refractivity contribution in [1.29, 1.82) is 0 Å². The van der Waals surface area contributed by atoms with Gasteiger partial charge in [-0.2, -0.15) is 0 Å². The van der Waals surface area contributed by atoms with E-state index in [0.29, 0.717) is 12.6 Å². The van der Waals surface area contributed by atoms with Crippen LogP contribution in [0.5, 0.6) is 0 Å². The first kappa shape index (κ1) is 17.9. The largest absolute Gasteiger partial charge is 0.357 e. The summed E-state index contributed by atoms with van der Waals surface area (Å²) in [6.45, 7) is 14.0. The van der Waals surface area contributed by atoms with Crippen LogP contribution in [0.2, 0.25) is 0 Å². The molecule has 0 saturated carbocycles. The molecule has 1 aromatic heterocycles. The zero-order valence-corrected chi connectivity index (χ0v) is 15.0. The van der Waals surface area contributed by atoms with Gasteiger partial charge in [0.25, 0.3) is 0 Å². The van der Waals surface area contributed by atoms with E-state index < -0.39 is 0 Å². The van der Waals surface area contributed by atoms with Crippen LogP contribution in [0.4, 0.5) is 0 Å². The van der Waals surface area contributed by atoms with Crippen molar-refractivity contribution in [1.82, 2.24) is 20.5 Å². The Balaban J connectivity index is 2.52. The highest BCUT2D eigenvalue weighted by Gasteiger charge is 2.06. The molecule has 120 valence electrons. The molecule has 0 fully saturated rings. The second-order valence-electron chi connectivity index (χ2n) is 5.44. The molecule has 0 spiro atoms. The van der Waals surface area contributed by atoms with Gasteiger partial charge in [-0.1, -0.05) is 0 Å². The Morgan fingerprint density at radius 1 is 1.33 bits per heavy atom. The van der Waals surface area contributed by atoms with Gasteiger partial charge in [0.1, 0.15) is 0 Å². The molecule has 1 aromatic rings. The maximum absolute atomic E-state index is 4.65. The van der Waals surface area contributed by atoms with E-state index >= 15 is 0 Å². The van der Waals surface area contributed by atoms with E-state index in [1.165, 1.54) is 4.88 Å². The average Bonchev–Trinajstić information content (AvgIpc) is 2.74. The van der Waals surface area contributed by atoms with Crippen molar-refractivity contribution in [3.63, 3.8) is 0 Å². The lowest BCUT2D eigenvalue weighted by atomic mass is 10.3. The highest BCUT2D eigenvalue weighted by atomic mass is 32.1. The first-order valence-corrected chi connectivity index (χ1v) is 8.41. The SMILES string of the molecule is CCNC(=NCc1sc(C)nc1C)NCCN(C)C(C)C. The summed E-state index contributed by atoms with van der Waals surface area (Å²) in [5.41, 5.74) is 1.09. The zero-order valence-electron chi connectivity index (χ0n) is 14.2. The van der Waals surface area contributed by atoms with Crippen LogP contribution in [-0.2, 0) is 6.54 Å². The molecule has 0 bridgehead atoms. The van der Waals surface area contributed by atoms with Gasteiger partial charge in [-0.15, -0.1) is 11.3 Å². The molecule has 0 radical (unpaired) electrons. The standard InChI is InChI=1S/C15H29N5S/c1-7-16-15(17-8-9-20(6)11(2)3)18-10-14-12(4)19-13(5)21-14/h11H,7-10H2,1-6H3,(H2,16,17,18). The third-order valence-corrected chi connectivity index (χ3v) is 4.42. The topological polar surface area (TPSA) is 52.6 Å². The summed E-state index contributed by atoms with van der Waals surface area (Å²) in [7, 11) is 2.14. The summed E-state index contributed by atoms with van der Waals surface area (Å²) in [4.78, 5) is 12.6. The normalized spacial score (nSPS) is 12.3. The number of hydrogen-bond donors (Lipinski definition) is 2. The fourth-order valence-electron chi connectivity index (χ4n) is 1.82. The quantitative estimate of drug-likeness (QED) is 0.598. The highest BCUT2D eigenvalue weighted by molar-refractivity contribution is 7.11. The van der Waals surface area contributed by atoms with E-state index in [9.17, 15) is 0 Å². The van der Waals surface area contributed by atoms with Gasteiger partial charge >= 0.3 is 0 Å². The highest BCUT2D eigenvalue weighted by Crippen LogP contribution is 2.17. The number of aryl methyl sites for hydroxylation is 2. The number of rotatable bonds is 7. The summed E-state index contributed by atoms with van der Waals surface area (Å²) < 4.78 is 0. The van der Waals surface area contributed by atoms with Gasteiger partial charge in [0.15, 0.2) is 5.96 Å². The summed E-state index contributed by atoms with van der Waals surface area (Å²) in [5.74, 6) is 0.875. The number of thiazole rings is 1. The number of likely N-dealkylation sites (N-methyl/N-ethyl adjacent to an activating group) is 1. The predicted molar refractivity (Wildman–Crippen MR) is 92.2 cm³/mol. The van der Waals surface area contributed by atoms with Crippen molar-refractivity contribution in [3.05, 3.63) is 15.6 Å². The van der Waals surface area contributed by atoms with Crippen molar-refractivity contribution in [2.75, 3.05) is 26.7 Å². The van der Waals surface area contributed by atoms with Gasteiger partial charge in [-0.3, -0.25) is 0 Å². The Hall–Kier alpha value is -1.14. The molecular weight excluding hydrogens is 282 g/mol. The molecule has 1 rings (SSSR count). The molecule has 2 N–H and O–H groups in total. The smallest absolute Gasteiger partial charge is 0.191 e. The fourth-order valence-corrected chi connectivity index (χ4v) is 2.68. The third kappa shape index (κ3) is 6.44. The van der Waals surface area contributed by atoms with E-state index in [4.69, 9.17) is 0 Å². The molecule has 0 aromatic carbocycles. The monoisotopic (exact) mass is 311 g/mol. The summed E-state index contributed by atoms with van der Waals surface area (Å²) in [6.07, 6.45) is 0. The second-order valence-corrected chi connectivity index (χ2v) is 6.73. The van der Waals surface area contributed by atoms with Crippen LogP contribution in [0.15, 0.2) is 4.99 Å². The molecule has 21 heavy (non-hydrogen) atoms. The van der Waals surface area contributed by atoms with Gasteiger partial charge in [0, 0.05) is 30.6 Å². The molecule has 0 unspecified atom stereocenters. The zero-order chi connectivity index (χ0) is 15.8. The Kier molecular flexibility index (Phi) is 7.67. The Bertz CT molecular complexity index is 453. The van der Waals surface area contributed by atoms with Crippen LogP contribution in [0.25, 0.3) is 0 Å². The minimum absolute atomic E-state index is 0.564. The van der Waals surface area contributed by atoms with Crippen LogP contribution in [0.1, 0.15) is 36.3 Å². The number of aromatic nitrogens is 1. The Labute approximate surface area is 132 Å². The lowest BCUT2D eigenvalue weighted by Crippen LogP contribution is -2.42. The predicted octanol–water partition coefficient (Wildman–Crippen LogP) is 2.16. The van der Waals surface area contributed by atoms with Gasteiger partial charge in [0.05, 0.1) is 17.2 Å². The van der Waals surface area contributed by atoms with Gasteiger partial charge in [-0.25, -0.2) is 9.98 Å². The molecule has 1 heterocycles. The second kappa shape index (κ2) is 9.00. The van der Waals surface area contributed by atoms with Gasteiger partial charge in [0.2, 0.25) is 0 Å². The van der Waals surface area contributed by atoms with Crippen LogP contribution >= 0.6 is 11.3 Å². The van der Waals surface area contributed by atoms with Crippen LogP contribution in [0, 0.1) is 13.8 Å². The van der Waals surface area contributed by atoms with Crippen LogP contribution in [0.3, 0.4) is 0 Å². The van der Waals surface area contributed by atoms with Crippen molar-refractivity contribution in [3.8, 4) is 0 Å². The maximum atomic E-state index is 4.65.